The third-order valence-electron chi connectivity index (χ3n) is 3.33. The molecule has 5 heteroatoms. The largest absolute Gasteiger partial charge is 0.480 e. The van der Waals surface area contributed by atoms with Crippen LogP contribution in [0.2, 0.25) is 0 Å². The standard InChI is InChI=1S/C13H16FNO2.ClH/c1-9-5-6-15(8-12(16)17)13(9)10-3-2-4-11(14)7-10;/h2-4,7,9,13H,5-6,8H2,1H3,(H,16,17);1H. The van der Waals surface area contributed by atoms with Crippen LogP contribution in [0.3, 0.4) is 0 Å². The number of rotatable bonds is 3. The average Bonchev–Trinajstić information content (AvgIpc) is 2.59. The first-order valence-corrected chi connectivity index (χ1v) is 5.79. The fraction of sp³-hybridized carbons (Fsp3) is 0.462. The van der Waals surface area contributed by atoms with Gasteiger partial charge in [0.25, 0.3) is 0 Å². The molecule has 0 aliphatic carbocycles. The maximum absolute atomic E-state index is 13.2. The molecule has 1 aromatic rings. The van der Waals surface area contributed by atoms with E-state index in [1.807, 2.05) is 11.0 Å². The number of carbonyl (C=O) groups is 1. The molecule has 1 aliphatic rings. The van der Waals surface area contributed by atoms with E-state index in [2.05, 4.69) is 6.92 Å². The summed E-state index contributed by atoms with van der Waals surface area (Å²) in [5.74, 6) is -0.742. The Labute approximate surface area is 112 Å². The summed E-state index contributed by atoms with van der Waals surface area (Å²) in [4.78, 5) is 12.7. The molecule has 0 spiro atoms. The van der Waals surface area contributed by atoms with Gasteiger partial charge in [-0.05, 0) is 36.6 Å². The van der Waals surface area contributed by atoms with Crippen molar-refractivity contribution in [3.8, 4) is 0 Å². The summed E-state index contributed by atoms with van der Waals surface area (Å²) in [5, 5.41) is 8.86. The van der Waals surface area contributed by atoms with Crippen molar-refractivity contribution in [2.45, 2.75) is 19.4 Å². The maximum Gasteiger partial charge on any atom is 0.317 e. The molecule has 2 atom stereocenters. The second kappa shape index (κ2) is 6.16. The number of carboxylic acid groups (broad SMARTS) is 1. The van der Waals surface area contributed by atoms with Gasteiger partial charge in [0, 0.05) is 6.04 Å². The van der Waals surface area contributed by atoms with E-state index in [0.29, 0.717) is 5.92 Å². The number of benzene rings is 1. The monoisotopic (exact) mass is 273 g/mol. The van der Waals surface area contributed by atoms with E-state index < -0.39 is 5.97 Å². The van der Waals surface area contributed by atoms with Crippen molar-refractivity contribution in [3.63, 3.8) is 0 Å². The van der Waals surface area contributed by atoms with Gasteiger partial charge >= 0.3 is 5.97 Å². The van der Waals surface area contributed by atoms with Crippen molar-refractivity contribution in [2.75, 3.05) is 13.1 Å². The van der Waals surface area contributed by atoms with Gasteiger partial charge in [-0.3, -0.25) is 9.69 Å². The van der Waals surface area contributed by atoms with Gasteiger partial charge in [0.05, 0.1) is 6.54 Å². The lowest BCUT2D eigenvalue weighted by molar-refractivity contribution is -0.138. The van der Waals surface area contributed by atoms with Crippen LogP contribution in [0.1, 0.15) is 24.9 Å². The molecule has 0 bridgehead atoms. The van der Waals surface area contributed by atoms with E-state index in [9.17, 15) is 9.18 Å². The van der Waals surface area contributed by atoms with Gasteiger partial charge in [0.15, 0.2) is 0 Å². The smallest absolute Gasteiger partial charge is 0.317 e. The fourth-order valence-corrected chi connectivity index (χ4v) is 2.61. The number of hydrogen-bond donors (Lipinski definition) is 1. The zero-order valence-corrected chi connectivity index (χ0v) is 11.0. The van der Waals surface area contributed by atoms with Crippen molar-refractivity contribution >= 4 is 18.4 Å². The minimum Gasteiger partial charge on any atom is -0.480 e. The summed E-state index contributed by atoms with van der Waals surface area (Å²) in [6, 6.07) is 6.47. The Morgan fingerprint density at radius 3 is 2.89 bits per heavy atom. The van der Waals surface area contributed by atoms with Crippen molar-refractivity contribution in [1.29, 1.82) is 0 Å². The first kappa shape index (κ1) is 14.9. The zero-order chi connectivity index (χ0) is 12.4. The lowest BCUT2D eigenvalue weighted by Gasteiger charge is -2.25. The van der Waals surface area contributed by atoms with Crippen LogP contribution in [0, 0.1) is 11.7 Å². The molecule has 1 saturated heterocycles. The minimum absolute atomic E-state index is 0. The summed E-state index contributed by atoms with van der Waals surface area (Å²) in [5.41, 5.74) is 0.872. The molecule has 2 unspecified atom stereocenters. The Balaban J connectivity index is 0.00000162. The van der Waals surface area contributed by atoms with E-state index in [1.54, 1.807) is 6.07 Å². The normalized spacial score (nSPS) is 23.7. The molecule has 1 aromatic carbocycles. The molecule has 1 heterocycles. The van der Waals surface area contributed by atoms with Crippen molar-refractivity contribution in [3.05, 3.63) is 35.6 Å². The third kappa shape index (κ3) is 3.21. The van der Waals surface area contributed by atoms with Gasteiger partial charge in [-0.25, -0.2) is 4.39 Å². The highest BCUT2D eigenvalue weighted by molar-refractivity contribution is 5.85. The molecule has 3 nitrogen and oxygen atoms in total. The second-order valence-corrected chi connectivity index (χ2v) is 4.63. The molecule has 2 rings (SSSR count). The quantitative estimate of drug-likeness (QED) is 0.921. The maximum atomic E-state index is 13.2. The summed E-state index contributed by atoms with van der Waals surface area (Å²) < 4.78 is 13.2. The minimum atomic E-state index is -0.833. The van der Waals surface area contributed by atoms with Gasteiger partial charge in [0.2, 0.25) is 0 Å². The molecular weight excluding hydrogens is 257 g/mol. The molecule has 0 saturated carbocycles. The molecule has 0 amide bonds. The predicted octanol–water partition coefficient (Wildman–Crippen LogP) is 2.72. The number of likely N-dealkylation sites (tertiary alicyclic amines) is 1. The van der Waals surface area contributed by atoms with Gasteiger partial charge in [-0.1, -0.05) is 19.1 Å². The van der Waals surface area contributed by atoms with Crippen LogP contribution in [-0.4, -0.2) is 29.1 Å². The first-order chi connectivity index (χ1) is 8.08. The Kier molecular flexibility index (Phi) is 5.11. The highest BCUT2D eigenvalue weighted by atomic mass is 35.5. The summed E-state index contributed by atoms with van der Waals surface area (Å²) >= 11 is 0. The molecule has 0 aromatic heterocycles. The summed E-state index contributed by atoms with van der Waals surface area (Å²) in [7, 11) is 0. The predicted molar refractivity (Wildman–Crippen MR) is 69.4 cm³/mol. The lowest BCUT2D eigenvalue weighted by atomic mass is 9.95. The van der Waals surface area contributed by atoms with E-state index in [0.717, 1.165) is 18.5 Å². The van der Waals surface area contributed by atoms with Crippen LogP contribution in [0.5, 0.6) is 0 Å². The Bertz CT molecular complexity index is 427. The highest BCUT2D eigenvalue weighted by Crippen LogP contribution is 2.36. The molecule has 1 N–H and O–H groups in total. The number of carboxylic acids is 1. The fourth-order valence-electron chi connectivity index (χ4n) is 2.61. The molecule has 18 heavy (non-hydrogen) atoms. The topological polar surface area (TPSA) is 40.5 Å². The molecule has 0 radical (unpaired) electrons. The highest BCUT2D eigenvalue weighted by Gasteiger charge is 2.33. The van der Waals surface area contributed by atoms with Crippen LogP contribution >= 0.6 is 12.4 Å². The van der Waals surface area contributed by atoms with Gasteiger partial charge in [-0.15, -0.1) is 12.4 Å². The van der Waals surface area contributed by atoms with Crippen LogP contribution in [0.25, 0.3) is 0 Å². The summed E-state index contributed by atoms with van der Waals surface area (Å²) in [6.07, 6.45) is 0.953. The summed E-state index contributed by atoms with van der Waals surface area (Å²) in [6.45, 7) is 2.86. The third-order valence-corrected chi connectivity index (χ3v) is 3.33. The van der Waals surface area contributed by atoms with Gasteiger partial charge < -0.3 is 5.11 Å². The number of aliphatic carboxylic acids is 1. The van der Waals surface area contributed by atoms with E-state index in [-0.39, 0.29) is 30.8 Å². The van der Waals surface area contributed by atoms with Crippen LogP contribution in [0.15, 0.2) is 24.3 Å². The van der Waals surface area contributed by atoms with E-state index in [1.165, 1.54) is 12.1 Å². The number of nitrogens with zero attached hydrogens (tertiary/aromatic N) is 1. The van der Waals surface area contributed by atoms with Crippen molar-refractivity contribution in [1.82, 2.24) is 4.90 Å². The first-order valence-electron chi connectivity index (χ1n) is 5.79. The molecule has 1 fully saturated rings. The van der Waals surface area contributed by atoms with Gasteiger partial charge in [-0.2, -0.15) is 0 Å². The zero-order valence-electron chi connectivity index (χ0n) is 10.2. The molecular formula is C13H17ClFNO2. The Morgan fingerprint density at radius 1 is 1.56 bits per heavy atom. The molecule has 100 valence electrons. The average molecular weight is 274 g/mol. The van der Waals surface area contributed by atoms with E-state index >= 15 is 0 Å². The number of hydrogen-bond acceptors (Lipinski definition) is 2. The number of halogens is 2. The van der Waals surface area contributed by atoms with Crippen LogP contribution in [-0.2, 0) is 4.79 Å². The van der Waals surface area contributed by atoms with Crippen molar-refractivity contribution in [2.24, 2.45) is 5.92 Å². The van der Waals surface area contributed by atoms with Crippen LogP contribution in [0.4, 0.5) is 4.39 Å². The van der Waals surface area contributed by atoms with Gasteiger partial charge in [0.1, 0.15) is 5.82 Å². The van der Waals surface area contributed by atoms with E-state index in [4.69, 9.17) is 5.11 Å². The Morgan fingerprint density at radius 2 is 2.28 bits per heavy atom. The second-order valence-electron chi connectivity index (χ2n) is 4.63. The Hall–Kier alpha value is -1.13. The SMILES string of the molecule is CC1CCN(CC(=O)O)C1c1cccc(F)c1.Cl. The molecule has 1 aliphatic heterocycles. The van der Waals surface area contributed by atoms with Crippen LogP contribution < -0.4 is 0 Å². The van der Waals surface area contributed by atoms with Crippen molar-refractivity contribution < 1.29 is 14.3 Å². The lowest BCUT2D eigenvalue weighted by Crippen LogP contribution is -2.30.